The summed E-state index contributed by atoms with van der Waals surface area (Å²) in [6, 6.07) is 5.27. The normalized spacial score (nSPS) is 30.9. The quantitative estimate of drug-likeness (QED) is 0.837. The van der Waals surface area contributed by atoms with Crippen LogP contribution in [0.1, 0.15) is 29.0 Å². The summed E-state index contributed by atoms with van der Waals surface area (Å²) in [6.45, 7) is 11.7. The Morgan fingerprint density at radius 3 is 2.79 bits per heavy atom. The van der Waals surface area contributed by atoms with Gasteiger partial charge < -0.3 is 9.47 Å². The van der Waals surface area contributed by atoms with Crippen molar-refractivity contribution in [2.45, 2.75) is 38.8 Å². The van der Waals surface area contributed by atoms with Gasteiger partial charge in [0.05, 0.1) is 13.2 Å². The van der Waals surface area contributed by atoms with E-state index in [1.54, 1.807) is 0 Å². The van der Waals surface area contributed by atoms with Crippen LogP contribution in [0.3, 0.4) is 0 Å². The van der Waals surface area contributed by atoms with Crippen LogP contribution in [0.25, 0.3) is 0 Å². The zero-order chi connectivity index (χ0) is 16.4. The molecule has 3 saturated heterocycles. The minimum atomic E-state index is 0.334. The van der Waals surface area contributed by atoms with E-state index in [1.807, 2.05) is 11.3 Å². The molecule has 3 fully saturated rings. The summed E-state index contributed by atoms with van der Waals surface area (Å²) in [5.74, 6) is 0. The van der Waals surface area contributed by atoms with Crippen molar-refractivity contribution in [3.63, 3.8) is 0 Å². The third-order valence-electron chi connectivity index (χ3n) is 5.87. The number of nitrogens with zero attached hydrogens (tertiary/aromatic N) is 2. The number of rotatable bonds is 3. The average Bonchev–Trinajstić information content (AvgIpc) is 3.13. The van der Waals surface area contributed by atoms with Crippen molar-refractivity contribution in [2.24, 2.45) is 5.41 Å². The maximum Gasteiger partial charge on any atom is 0.0593 e. The molecule has 4 rings (SSSR count). The molecule has 0 saturated carbocycles. The standard InChI is InChI=1S/C19H30N2O2S/c1-16-2-3-18(24-16)12-20-8-11-23-15-19(13-20)6-7-21(14-19)17-4-9-22-10-5-17/h2-3,17H,4-15H2,1H3/t19-/m1/s1. The van der Waals surface area contributed by atoms with E-state index in [0.29, 0.717) is 5.41 Å². The van der Waals surface area contributed by atoms with E-state index in [1.165, 1.54) is 48.7 Å². The fraction of sp³-hybridized carbons (Fsp3) is 0.789. The van der Waals surface area contributed by atoms with Gasteiger partial charge in [-0.1, -0.05) is 0 Å². The van der Waals surface area contributed by atoms with Crippen molar-refractivity contribution >= 4 is 11.3 Å². The van der Waals surface area contributed by atoms with Crippen molar-refractivity contribution in [1.82, 2.24) is 9.80 Å². The van der Waals surface area contributed by atoms with E-state index in [2.05, 4.69) is 28.9 Å². The van der Waals surface area contributed by atoms with Crippen LogP contribution in [0.5, 0.6) is 0 Å². The maximum atomic E-state index is 6.05. The van der Waals surface area contributed by atoms with E-state index in [4.69, 9.17) is 9.47 Å². The van der Waals surface area contributed by atoms with E-state index in [0.717, 1.165) is 45.6 Å². The molecule has 0 unspecified atom stereocenters. The van der Waals surface area contributed by atoms with Crippen LogP contribution in [-0.2, 0) is 16.0 Å². The molecule has 4 heterocycles. The number of likely N-dealkylation sites (tertiary alicyclic amines) is 1. The highest BCUT2D eigenvalue weighted by Gasteiger charge is 2.43. The summed E-state index contributed by atoms with van der Waals surface area (Å²) in [6.07, 6.45) is 3.69. The van der Waals surface area contributed by atoms with Crippen molar-refractivity contribution in [3.05, 3.63) is 21.9 Å². The number of ether oxygens (including phenoxy) is 2. The zero-order valence-corrected chi connectivity index (χ0v) is 15.7. The van der Waals surface area contributed by atoms with Crippen molar-refractivity contribution in [2.75, 3.05) is 52.6 Å². The zero-order valence-electron chi connectivity index (χ0n) is 14.8. The molecule has 5 heteroatoms. The molecule has 0 bridgehead atoms. The molecule has 24 heavy (non-hydrogen) atoms. The summed E-state index contributed by atoms with van der Waals surface area (Å²) < 4.78 is 11.6. The summed E-state index contributed by atoms with van der Waals surface area (Å²) in [5, 5.41) is 0. The molecule has 0 N–H and O–H groups in total. The number of aryl methyl sites for hydroxylation is 1. The largest absolute Gasteiger partial charge is 0.381 e. The number of hydrogen-bond donors (Lipinski definition) is 0. The Morgan fingerprint density at radius 1 is 1.12 bits per heavy atom. The van der Waals surface area contributed by atoms with Crippen LogP contribution in [0.4, 0.5) is 0 Å². The Morgan fingerprint density at radius 2 is 2.00 bits per heavy atom. The van der Waals surface area contributed by atoms with E-state index in [9.17, 15) is 0 Å². The van der Waals surface area contributed by atoms with Crippen LogP contribution in [-0.4, -0.2) is 68.4 Å². The molecule has 0 amide bonds. The van der Waals surface area contributed by atoms with Gasteiger partial charge in [0, 0.05) is 60.6 Å². The third-order valence-corrected chi connectivity index (χ3v) is 6.86. The molecule has 3 aliphatic rings. The van der Waals surface area contributed by atoms with Gasteiger partial charge in [0.25, 0.3) is 0 Å². The predicted molar refractivity (Wildman–Crippen MR) is 97.6 cm³/mol. The first-order valence-electron chi connectivity index (χ1n) is 9.40. The summed E-state index contributed by atoms with van der Waals surface area (Å²) in [7, 11) is 0. The summed E-state index contributed by atoms with van der Waals surface area (Å²) >= 11 is 1.94. The minimum absolute atomic E-state index is 0.334. The SMILES string of the molecule is Cc1ccc(CN2CCOC[C@]3(CCN(C4CCOCC4)C3)C2)s1. The molecule has 4 nitrogen and oxygen atoms in total. The molecule has 0 aliphatic carbocycles. The summed E-state index contributed by atoms with van der Waals surface area (Å²) in [5.41, 5.74) is 0.334. The fourth-order valence-corrected chi connectivity index (χ4v) is 5.52. The van der Waals surface area contributed by atoms with Crippen LogP contribution >= 0.6 is 11.3 Å². The van der Waals surface area contributed by atoms with Crippen molar-refractivity contribution in [1.29, 1.82) is 0 Å². The summed E-state index contributed by atoms with van der Waals surface area (Å²) in [4.78, 5) is 8.26. The monoisotopic (exact) mass is 350 g/mol. The minimum Gasteiger partial charge on any atom is -0.381 e. The van der Waals surface area contributed by atoms with Gasteiger partial charge in [0.15, 0.2) is 0 Å². The fourth-order valence-electron chi connectivity index (χ4n) is 4.59. The van der Waals surface area contributed by atoms with Crippen LogP contribution in [0.2, 0.25) is 0 Å². The molecule has 1 spiro atoms. The van der Waals surface area contributed by atoms with Crippen LogP contribution < -0.4 is 0 Å². The second kappa shape index (κ2) is 7.42. The lowest BCUT2D eigenvalue weighted by Gasteiger charge is -2.35. The second-order valence-corrected chi connectivity index (χ2v) is 9.21. The van der Waals surface area contributed by atoms with E-state index < -0.39 is 0 Å². The Balaban J connectivity index is 1.40. The van der Waals surface area contributed by atoms with Crippen LogP contribution in [0.15, 0.2) is 12.1 Å². The Hall–Kier alpha value is -0.460. The van der Waals surface area contributed by atoms with E-state index >= 15 is 0 Å². The molecular weight excluding hydrogens is 320 g/mol. The Labute approximate surface area is 149 Å². The number of thiophene rings is 1. The van der Waals surface area contributed by atoms with Gasteiger partial charge >= 0.3 is 0 Å². The lowest BCUT2D eigenvalue weighted by atomic mass is 9.87. The van der Waals surface area contributed by atoms with Crippen LogP contribution in [0, 0.1) is 12.3 Å². The topological polar surface area (TPSA) is 24.9 Å². The van der Waals surface area contributed by atoms with Gasteiger partial charge in [-0.25, -0.2) is 0 Å². The first kappa shape index (κ1) is 17.0. The third kappa shape index (κ3) is 3.86. The van der Waals surface area contributed by atoms with Gasteiger partial charge in [-0.3, -0.25) is 9.80 Å². The van der Waals surface area contributed by atoms with Gasteiger partial charge in [0.2, 0.25) is 0 Å². The average molecular weight is 351 g/mol. The molecule has 0 aromatic carbocycles. The molecule has 1 aromatic heterocycles. The predicted octanol–water partition coefficient (Wildman–Crippen LogP) is 2.76. The molecule has 134 valence electrons. The second-order valence-electron chi connectivity index (χ2n) is 7.84. The Kier molecular flexibility index (Phi) is 5.25. The molecule has 0 radical (unpaired) electrons. The lowest BCUT2D eigenvalue weighted by Crippen LogP contribution is -2.43. The highest BCUT2D eigenvalue weighted by atomic mass is 32.1. The van der Waals surface area contributed by atoms with Gasteiger partial charge in [0.1, 0.15) is 0 Å². The smallest absolute Gasteiger partial charge is 0.0593 e. The highest BCUT2D eigenvalue weighted by molar-refractivity contribution is 7.11. The highest BCUT2D eigenvalue weighted by Crippen LogP contribution is 2.36. The molecular formula is C19H30N2O2S. The van der Waals surface area contributed by atoms with Gasteiger partial charge in [-0.05, 0) is 44.9 Å². The Bertz CT molecular complexity index is 543. The first-order valence-corrected chi connectivity index (χ1v) is 10.2. The van der Waals surface area contributed by atoms with Crippen molar-refractivity contribution < 1.29 is 9.47 Å². The van der Waals surface area contributed by atoms with Gasteiger partial charge in [-0.15, -0.1) is 11.3 Å². The number of hydrogen-bond acceptors (Lipinski definition) is 5. The van der Waals surface area contributed by atoms with Gasteiger partial charge in [-0.2, -0.15) is 0 Å². The maximum absolute atomic E-state index is 6.05. The molecule has 1 atom stereocenters. The van der Waals surface area contributed by atoms with Crippen molar-refractivity contribution in [3.8, 4) is 0 Å². The van der Waals surface area contributed by atoms with E-state index in [-0.39, 0.29) is 0 Å². The first-order chi connectivity index (χ1) is 11.7. The molecule has 1 aromatic rings. The molecule has 3 aliphatic heterocycles. The lowest BCUT2D eigenvalue weighted by molar-refractivity contribution is 0.0285.